The lowest BCUT2D eigenvalue weighted by atomic mass is 9.93. The van der Waals surface area contributed by atoms with E-state index >= 15 is 0 Å². The number of carbonyl (C=O) groups is 3. The molecule has 0 saturated heterocycles. The Kier molecular flexibility index (Phi) is 12.2. The predicted molar refractivity (Wildman–Crippen MR) is 174 cm³/mol. The number of nitrogens with one attached hydrogen (secondary N) is 4. The number of benzene rings is 2. The number of Topliss-reactive ketones (excluding diaryl/α,β-unsaturated/α-hetero) is 1. The molecular formula is C33H31ClF5N7O4. The van der Waals surface area contributed by atoms with Crippen molar-refractivity contribution in [1.29, 1.82) is 0 Å². The van der Waals surface area contributed by atoms with Gasteiger partial charge < -0.3 is 26.0 Å². The topological polar surface area (TPSA) is 147 Å². The Hall–Kier alpha value is -5.38. The van der Waals surface area contributed by atoms with Gasteiger partial charge in [0, 0.05) is 49.4 Å². The number of alkyl halides is 3. The Bertz CT molecular complexity index is 1830. The second-order valence-electron chi connectivity index (χ2n) is 11.7. The van der Waals surface area contributed by atoms with Gasteiger partial charge in [0.25, 0.3) is 11.8 Å². The van der Waals surface area contributed by atoms with Gasteiger partial charge in [0.15, 0.2) is 6.61 Å². The first-order valence-electron chi connectivity index (χ1n) is 14.9. The molecule has 0 bridgehead atoms. The molecule has 4 rings (SSSR count). The zero-order valence-corrected chi connectivity index (χ0v) is 27.4. The Morgan fingerprint density at radius 1 is 0.860 bits per heavy atom. The lowest BCUT2D eigenvalue weighted by molar-refractivity contribution is -0.154. The number of hydrogen-bond donors (Lipinski definition) is 4. The molecule has 0 aliphatic carbocycles. The quantitative estimate of drug-likeness (QED) is 0.0887. The minimum absolute atomic E-state index is 0.00495. The predicted octanol–water partition coefficient (Wildman–Crippen LogP) is 5.78. The van der Waals surface area contributed by atoms with Crippen molar-refractivity contribution in [3.8, 4) is 6.01 Å². The number of ether oxygens (including phenoxy) is 1. The van der Waals surface area contributed by atoms with Crippen molar-refractivity contribution in [1.82, 2.24) is 25.6 Å². The number of amides is 2. The summed E-state index contributed by atoms with van der Waals surface area (Å²) < 4.78 is 70.1. The molecule has 0 aliphatic heterocycles. The molecule has 0 radical (unpaired) electrons. The lowest BCUT2D eigenvalue weighted by Gasteiger charge is -2.25. The molecule has 0 unspecified atom stereocenters. The number of pyridine rings is 1. The van der Waals surface area contributed by atoms with E-state index in [2.05, 4.69) is 36.2 Å². The summed E-state index contributed by atoms with van der Waals surface area (Å²) >= 11 is 5.91. The van der Waals surface area contributed by atoms with E-state index in [0.717, 1.165) is 17.7 Å². The van der Waals surface area contributed by atoms with Crippen molar-refractivity contribution in [2.45, 2.75) is 33.0 Å². The second kappa shape index (κ2) is 16.3. The van der Waals surface area contributed by atoms with Crippen molar-refractivity contribution in [2.24, 2.45) is 5.41 Å². The average molecular weight is 720 g/mol. The zero-order valence-electron chi connectivity index (χ0n) is 26.6. The Labute approximate surface area is 288 Å². The zero-order chi connectivity index (χ0) is 36.5. The van der Waals surface area contributed by atoms with Crippen LogP contribution in [-0.4, -0.2) is 58.4 Å². The van der Waals surface area contributed by atoms with Crippen LogP contribution in [0.1, 0.15) is 35.3 Å². The van der Waals surface area contributed by atoms with E-state index in [1.807, 2.05) is 0 Å². The van der Waals surface area contributed by atoms with Gasteiger partial charge in [-0.25, -0.2) is 13.8 Å². The van der Waals surface area contributed by atoms with Crippen LogP contribution in [0.2, 0.25) is 5.02 Å². The van der Waals surface area contributed by atoms with Gasteiger partial charge in [-0.1, -0.05) is 43.6 Å². The molecule has 4 aromatic rings. The van der Waals surface area contributed by atoms with Gasteiger partial charge in [-0.2, -0.15) is 23.1 Å². The lowest BCUT2D eigenvalue weighted by Crippen LogP contribution is -2.44. The van der Waals surface area contributed by atoms with Gasteiger partial charge in [0.2, 0.25) is 5.78 Å². The van der Waals surface area contributed by atoms with Crippen LogP contribution in [0.25, 0.3) is 0 Å². The molecule has 2 aromatic carbocycles. The summed E-state index contributed by atoms with van der Waals surface area (Å²) in [7, 11) is 0. The highest BCUT2D eigenvalue weighted by atomic mass is 35.5. The maximum absolute atomic E-state index is 13.8. The fourth-order valence-electron chi connectivity index (χ4n) is 4.14. The average Bonchev–Trinajstić information content (AvgIpc) is 3.06. The number of rotatable bonds is 15. The molecule has 2 heterocycles. The molecule has 50 heavy (non-hydrogen) atoms. The first-order valence-corrected chi connectivity index (χ1v) is 15.3. The summed E-state index contributed by atoms with van der Waals surface area (Å²) in [6.45, 7) is 2.21. The minimum atomic E-state index is -4.61. The van der Waals surface area contributed by atoms with E-state index < -0.39 is 59.9 Å². The largest absolute Gasteiger partial charge is 0.454 e. The van der Waals surface area contributed by atoms with Crippen LogP contribution in [0.4, 0.5) is 39.4 Å². The number of anilines is 3. The molecule has 0 fully saturated rings. The molecule has 2 amide bonds. The number of aromatic nitrogens is 3. The summed E-state index contributed by atoms with van der Waals surface area (Å²) in [5.41, 5.74) is 0.181. The Morgan fingerprint density at radius 2 is 1.56 bits per heavy atom. The van der Waals surface area contributed by atoms with E-state index in [1.54, 1.807) is 38.1 Å². The van der Waals surface area contributed by atoms with Gasteiger partial charge in [-0.05, 0) is 46.9 Å². The van der Waals surface area contributed by atoms with Crippen LogP contribution >= 0.6 is 11.6 Å². The molecule has 0 saturated carbocycles. The number of halogens is 6. The molecule has 0 atom stereocenters. The van der Waals surface area contributed by atoms with Crippen molar-refractivity contribution < 1.29 is 41.1 Å². The van der Waals surface area contributed by atoms with Crippen LogP contribution in [0.3, 0.4) is 0 Å². The Balaban J connectivity index is 1.31. The highest BCUT2D eigenvalue weighted by Crippen LogP contribution is 2.23. The van der Waals surface area contributed by atoms with Crippen LogP contribution in [0.5, 0.6) is 6.01 Å². The highest BCUT2D eigenvalue weighted by Gasteiger charge is 2.29. The summed E-state index contributed by atoms with van der Waals surface area (Å²) in [5.74, 6) is -3.66. The van der Waals surface area contributed by atoms with Crippen molar-refractivity contribution in [3.05, 3.63) is 100 Å². The minimum Gasteiger partial charge on any atom is -0.454 e. The van der Waals surface area contributed by atoms with Crippen LogP contribution < -0.4 is 26.0 Å². The summed E-state index contributed by atoms with van der Waals surface area (Å²) in [6, 6.07) is 13.4. The smallest absolute Gasteiger partial charge is 0.422 e. The molecule has 264 valence electrons. The SMILES string of the molecule is CC(C)(CNC(=O)C(=O)Cc1ccc(F)cc1F)CNC(=O)c1ccc(Nc2cc(NCc3ccc(Cl)cc3)nc(OCC(F)(F)F)n2)nc1. The Morgan fingerprint density at radius 3 is 2.22 bits per heavy atom. The molecular weight excluding hydrogens is 689 g/mol. The van der Waals surface area contributed by atoms with Gasteiger partial charge in [-0.3, -0.25) is 14.4 Å². The molecule has 2 aromatic heterocycles. The third-order valence-corrected chi connectivity index (χ3v) is 7.07. The van der Waals surface area contributed by atoms with E-state index in [1.165, 1.54) is 24.4 Å². The fraction of sp³-hybridized carbons (Fsp3) is 0.273. The summed E-state index contributed by atoms with van der Waals surface area (Å²) in [6.07, 6.45) is -3.89. The number of nitrogens with zero attached hydrogens (tertiary/aromatic N) is 3. The van der Waals surface area contributed by atoms with Crippen LogP contribution in [0, 0.1) is 17.0 Å². The maximum atomic E-state index is 13.8. The number of hydrogen-bond acceptors (Lipinski definition) is 9. The molecule has 4 N–H and O–H groups in total. The highest BCUT2D eigenvalue weighted by molar-refractivity contribution is 6.36. The standard InChI is InChI=1S/C33H31ClF5N7O4/c1-32(2,17-43-30(49)25(47)11-20-5-9-23(35)12-24(20)36)16-42-29(48)21-6-10-26(41-15-21)44-28-13-27(40-14-19-3-7-22(34)8-4-19)45-31(46-28)50-18-33(37,38)39/h3-10,12-13,15H,11,14,16-18H2,1-2H3,(H,42,48)(H,43,49)(H2,40,41,44,45,46). The molecule has 0 spiro atoms. The summed E-state index contributed by atoms with van der Waals surface area (Å²) in [5, 5.41) is 11.6. The van der Waals surface area contributed by atoms with Crippen molar-refractivity contribution >= 4 is 46.7 Å². The fourth-order valence-corrected chi connectivity index (χ4v) is 4.27. The molecule has 17 heteroatoms. The third-order valence-electron chi connectivity index (χ3n) is 6.81. The number of ketones is 1. The van der Waals surface area contributed by atoms with E-state index in [4.69, 9.17) is 16.3 Å². The van der Waals surface area contributed by atoms with Gasteiger partial charge in [0.1, 0.15) is 29.1 Å². The maximum Gasteiger partial charge on any atom is 0.422 e. The van der Waals surface area contributed by atoms with Gasteiger partial charge in [0.05, 0.1) is 5.56 Å². The van der Waals surface area contributed by atoms with E-state index in [-0.39, 0.29) is 48.2 Å². The molecule has 0 aliphatic rings. The first-order chi connectivity index (χ1) is 23.5. The normalized spacial score (nSPS) is 11.4. The monoisotopic (exact) mass is 719 g/mol. The van der Waals surface area contributed by atoms with E-state index in [9.17, 15) is 36.3 Å². The van der Waals surface area contributed by atoms with Crippen molar-refractivity contribution in [2.75, 3.05) is 30.3 Å². The van der Waals surface area contributed by atoms with Crippen LogP contribution in [-0.2, 0) is 22.6 Å². The van der Waals surface area contributed by atoms with Gasteiger partial charge in [-0.15, -0.1) is 0 Å². The van der Waals surface area contributed by atoms with Gasteiger partial charge >= 0.3 is 12.2 Å². The first kappa shape index (κ1) is 37.4. The number of carbonyl (C=O) groups excluding carboxylic acids is 3. The van der Waals surface area contributed by atoms with Crippen LogP contribution in [0.15, 0.2) is 66.9 Å². The van der Waals surface area contributed by atoms with E-state index in [0.29, 0.717) is 11.1 Å². The molecule has 11 nitrogen and oxygen atoms in total. The van der Waals surface area contributed by atoms with Crippen molar-refractivity contribution in [3.63, 3.8) is 0 Å². The summed E-state index contributed by atoms with van der Waals surface area (Å²) in [4.78, 5) is 49.5. The second-order valence-corrected chi connectivity index (χ2v) is 12.2. The third kappa shape index (κ3) is 11.9.